The normalized spacial score (nSPS) is 18.3. The number of nitrogens with zero attached hydrogens (tertiary/aromatic N) is 8. The number of thiophene rings is 1. The third-order valence-electron chi connectivity index (χ3n) is 11.0. The highest BCUT2D eigenvalue weighted by atomic mass is 35.5. The number of amides is 4. The molecule has 3 aromatic heterocycles. The first-order valence-electron chi connectivity index (χ1n) is 18.9. The number of nitrogens with one attached hydrogen (secondary N) is 2. The van der Waals surface area contributed by atoms with Crippen molar-refractivity contribution in [3.63, 3.8) is 0 Å². The molecule has 16 heteroatoms. The van der Waals surface area contributed by atoms with E-state index in [9.17, 15) is 19.2 Å². The summed E-state index contributed by atoms with van der Waals surface area (Å²) in [6.45, 7) is 7.69. The zero-order valence-corrected chi connectivity index (χ0v) is 32.8. The van der Waals surface area contributed by atoms with Gasteiger partial charge in [0.05, 0.1) is 40.0 Å². The van der Waals surface area contributed by atoms with E-state index in [0.29, 0.717) is 23.8 Å². The number of hydrogen-bond donors (Lipinski definition) is 2. The van der Waals surface area contributed by atoms with Crippen LogP contribution >= 0.6 is 22.9 Å². The predicted octanol–water partition coefficient (Wildman–Crippen LogP) is 4.52. The van der Waals surface area contributed by atoms with Gasteiger partial charge in [0.2, 0.25) is 11.8 Å². The number of carbonyl (C=O) groups is 4. The van der Waals surface area contributed by atoms with Crippen LogP contribution in [-0.4, -0.2) is 95.4 Å². The van der Waals surface area contributed by atoms with Crippen LogP contribution in [0.1, 0.15) is 85.2 Å². The van der Waals surface area contributed by atoms with Gasteiger partial charge >= 0.3 is 0 Å². The molecule has 0 bridgehead atoms. The molecule has 2 aromatic carbocycles. The Balaban J connectivity index is 0.829. The summed E-state index contributed by atoms with van der Waals surface area (Å²) in [7, 11) is 0. The molecule has 14 nitrogen and oxygen atoms in total. The number of fused-ring (bicyclic) bond motifs is 4. The number of imide groups is 2. The minimum Gasteiger partial charge on any atom is -0.382 e. The number of aryl methyl sites for hydroxylation is 1. The highest BCUT2D eigenvalue weighted by Gasteiger charge is 2.45. The maximum absolute atomic E-state index is 13.5. The Labute approximate surface area is 336 Å². The zero-order valence-electron chi connectivity index (χ0n) is 31.2. The molecule has 0 saturated carbocycles. The molecule has 7 heterocycles. The fraction of sp³-hybridized carbons (Fsp3) is 0.317. The number of likely N-dealkylation sites (tertiary alicyclic amines) is 1. The summed E-state index contributed by atoms with van der Waals surface area (Å²) >= 11 is 7.82. The van der Waals surface area contributed by atoms with Crippen LogP contribution in [0, 0.1) is 25.7 Å². The van der Waals surface area contributed by atoms with Gasteiger partial charge in [-0.05, 0) is 62.9 Å². The van der Waals surface area contributed by atoms with E-state index in [1.165, 1.54) is 0 Å². The van der Waals surface area contributed by atoms with Crippen molar-refractivity contribution in [3.8, 4) is 16.8 Å². The van der Waals surface area contributed by atoms with E-state index >= 15 is 0 Å². The molecule has 0 radical (unpaired) electrons. The van der Waals surface area contributed by atoms with Gasteiger partial charge in [0.25, 0.3) is 11.8 Å². The summed E-state index contributed by atoms with van der Waals surface area (Å²) in [5, 5.41) is 20.7. The second-order valence-corrected chi connectivity index (χ2v) is 16.0. The molecule has 4 aliphatic heterocycles. The molecule has 4 amide bonds. The van der Waals surface area contributed by atoms with Crippen LogP contribution in [0.5, 0.6) is 0 Å². The number of rotatable bonds is 7. The van der Waals surface area contributed by atoms with Gasteiger partial charge in [-0.1, -0.05) is 41.6 Å². The van der Waals surface area contributed by atoms with Crippen LogP contribution in [0.3, 0.4) is 0 Å². The Morgan fingerprint density at radius 1 is 0.947 bits per heavy atom. The molecule has 9 rings (SSSR count). The number of aromatic nitrogens is 5. The minimum atomic E-state index is -0.996. The highest BCUT2D eigenvalue weighted by molar-refractivity contribution is 7.15. The lowest BCUT2D eigenvalue weighted by Crippen LogP contribution is -2.54. The molecule has 1 unspecified atom stereocenters. The Morgan fingerprint density at radius 2 is 1.75 bits per heavy atom. The summed E-state index contributed by atoms with van der Waals surface area (Å²) in [5.41, 5.74) is 5.91. The third kappa shape index (κ3) is 6.83. The summed E-state index contributed by atoms with van der Waals surface area (Å²) in [5.74, 6) is 6.30. The molecule has 5 aromatic rings. The Kier molecular flexibility index (Phi) is 9.55. The number of benzene rings is 2. The molecular weight excluding hydrogens is 764 g/mol. The maximum atomic E-state index is 13.5. The molecule has 288 valence electrons. The first-order chi connectivity index (χ1) is 27.6. The number of halogens is 1. The summed E-state index contributed by atoms with van der Waals surface area (Å²) in [6.07, 6.45) is 5.68. The first kappa shape index (κ1) is 36.7. The van der Waals surface area contributed by atoms with Gasteiger partial charge in [0.1, 0.15) is 23.4 Å². The van der Waals surface area contributed by atoms with Crippen LogP contribution in [0.25, 0.3) is 5.00 Å². The number of aliphatic imine (C=N–C) groups is 1. The Bertz CT molecular complexity index is 2570. The van der Waals surface area contributed by atoms with Crippen molar-refractivity contribution in [3.05, 3.63) is 110 Å². The lowest BCUT2D eigenvalue weighted by atomic mass is 10.00. The molecule has 4 aliphatic rings. The molecule has 2 fully saturated rings. The van der Waals surface area contributed by atoms with Gasteiger partial charge in [0, 0.05) is 60.1 Å². The Hall–Kier alpha value is -5.95. The summed E-state index contributed by atoms with van der Waals surface area (Å²) in [6, 6.07) is 12.0. The van der Waals surface area contributed by atoms with Gasteiger partial charge in [-0.3, -0.25) is 43.6 Å². The zero-order chi connectivity index (χ0) is 39.4. The van der Waals surface area contributed by atoms with E-state index in [0.717, 1.165) is 86.9 Å². The predicted molar refractivity (Wildman–Crippen MR) is 214 cm³/mol. The summed E-state index contributed by atoms with van der Waals surface area (Å²) in [4.78, 5) is 60.3. The molecule has 0 spiro atoms. The van der Waals surface area contributed by atoms with Crippen LogP contribution in [0.2, 0.25) is 5.02 Å². The van der Waals surface area contributed by atoms with Crippen molar-refractivity contribution < 1.29 is 19.2 Å². The van der Waals surface area contributed by atoms with Gasteiger partial charge in [0.15, 0.2) is 5.82 Å². The molecule has 57 heavy (non-hydrogen) atoms. The first-order valence-corrected chi connectivity index (χ1v) is 20.1. The fourth-order valence-electron chi connectivity index (χ4n) is 7.98. The van der Waals surface area contributed by atoms with Gasteiger partial charge in [-0.15, -0.1) is 21.5 Å². The van der Waals surface area contributed by atoms with E-state index in [1.807, 2.05) is 42.1 Å². The van der Waals surface area contributed by atoms with Gasteiger partial charge < -0.3 is 10.2 Å². The number of anilines is 1. The van der Waals surface area contributed by atoms with Crippen molar-refractivity contribution in [2.75, 3.05) is 25.0 Å². The van der Waals surface area contributed by atoms with E-state index in [4.69, 9.17) is 16.6 Å². The molecule has 0 aliphatic carbocycles. The molecule has 2 N–H and O–H groups in total. The second kappa shape index (κ2) is 14.8. The second-order valence-electron chi connectivity index (χ2n) is 14.6. The number of hydrogen-bond acceptors (Lipinski definition) is 11. The van der Waals surface area contributed by atoms with Gasteiger partial charge in [-0.25, -0.2) is 0 Å². The van der Waals surface area contributed by atoms with E-state index in [-0.39, 0.29) is 30.0 Å². The van der Waals surface area contributed by atoms with Crippen molar-refractivity contribution >= 4 is 58.0 Å². The van der Waals surface area contributed by atoms with Gasteiger partial charge in [-0.2, -0.15) is 5.10 Å². The minimum absolute atomic E-state index is 0.0801. The lowest BCUT2D eigenvalue weighted by molar-refractivity contribution is -0.136. The average molecular weight is 801 g/mol. The fourth-order valence-corrected chi connectivity index (χ4v) is 9.34. The Morgan fingerprint density at radius 3 is 2.54 bits per heavy atom. The monoisotopic (exact) mass is 800 g/mol. The SMILES string of the molecule is Cc1c(C#Cc2cnn(CCN3CCC(Nc4cccc5c4C(=O)N(C4CCC(=O)NC4=O)C5=O)CC3)c2)sc2c1C(c1ccc(Cl)cc1)=NCc1nnc(C)n1-2. The topological polar surface area (TPSA) is 160 Å². The number of piperidine rings is 2. The average Bonchev–Trinajstić information content (AvgIpc) is 3.93. The van der Waals surface area contributed by atoms with Crippen LogP contribution in [0.15, 0.2) is 59.9 Å². The van der Waals surface area contributed by atoms with Crippen LogP contribution < -0.4 is 10.6 Å². The smallest absolute Gasteiger partial charge is 0.264 e. The molecule has 2 saturated heterocycles. The van der Waals surface area contributed by atoms with E-state index in [2.05, 4.69) is 54.2 Å². The summed E-state index contributed by atoms with van der Waals surface area (Å²) < 4.78 is 4.00. The quantitative estimate of drug-likeness (QED) is 0.178. The van der Waals surface area contributed by atoms with Crippen LogP contribution in [-0.2, 0) is 22.7 Å². The molecular formula is C41H37ClN10O4S. The lowest BCUT2D eigenvalue weighted by Gasteiger charge is -2.33. The maximum Gasteiger partial charge on any atom is 0.264 e. The molecule has 1 atom stereocenters. The standard InChI is InChI=1S/C41H37ClN10O4S/c1-23-32(57-41-35(23)37(26-7-9-27(42)10-8-26)43-21-33-48-47-24(2)51(33)41)12-6-25-20-44-50(22-25)19-18-49-16-14-28(15-17-49)45-30-5-3-4-29-36(30)40(56)52(39(29)55)31-11-13-34(53)46-38(31)54/h3-5,7-10,20,22,28,31,45H,11,13-19,21H2,1-2H3,(H,46,53,54). The van der Waals surface area contributed by atoms with Crippen molar-refractivity contribution in [1.29, 1.82) is 0 Å². The largest absolute Gasteiger partial charge is 0.382 e. The van der Waals surface area contributed by atoms with E-state index < -0.39 is 29.7 Å². The van der Waals surface area contributed by atoms with Crippen molar-refractivity contribution in [2.45, 2.75) is 64.7 Å². The third-order valence-corrected chi connectivity index (χ3v) is 12.4. The highest BCUT2D eigenvalue weighted by Crippen LogP contribution is 2.37. The van der Waals surface area contributed by atoms with Crippen molar-refractivity contribution in [1.82, 2.24) is 39.7 Å². The van der Waals surface area contributed by atoms with E-state index in [1.54, 1.807) is 35.7 Å². The van der Waals surface area contributed by atoms with Crippen LogP contribution in [0.4, 0.5) is 5.69 Å². The van der Waals surface area contributed by atoms with Crippen molar-refractivity contribution in [2.24, 2.45) is 4.99 Å². The number of carbonyl (C=O) groups excluding carboxylic acids is 4.